The SMILES string of the molecule is COC(=O)C(=O)C1c2cc3ccccc3n2CCC1COC(C)=O. The van der Waals surface area contributed by atoms with Crippen molar-refractivity contribution in [3.63, 3.8) is 0 Å². The van der Waals surface area contributed by atoms with Gasteiger partial charge in [-0.05, 0) is 23.9 Å². The van der Waals surface area contributed by atoms with Crippen LogP contribution in [0.3, 0.4) is 0 Å². The lowest BCUT2D eigenvalue weighted by Crippen LogP contribution is -2.36. The molecule has 3 rings (SSSR count). The van der Waals surface area contributed by atoms with Crippen molar-refractivity contribution in [3.8, 4) is 0 Å². The van der Waals surface area contributed by atoms with Crippen molar-refractivity contribution >= 4 is 28.6 Å². The van der Waals surface area contributed by atoms with Crippen LogP contribution in [-0.2, 0) is 30.4 Å². The number of para-hydroxylation sites is 1. The molecule has 2 heterocycles. The van der Waals surface area contributed by atoms with Crippen LogP contribution in [0.5, 0.6) is 0 Å². The second-order valence-corrected chi connectivity index (χ2v) is 5.96. The largest absolute Gasteiger partial charge is 0.466 e. The van der Waals surface area contributed by atoms with Gasteiger partial charge in [-0.15, -0.1) is 0 Å². The molecule has 1 aliphatic rings. The van der Waals surface area contributed by atoms with Gasteiger partial charge < -0.3 is 14.0 Å². The van der Waals surface area contributed by atoms with Gasteiger partial charge in [0.1, 0.15) is 0 Å². The molecule has 1 aromatic carbocycles. The molecule has 0 amide bonds. The van der Waals surface area contributed by atoms with Crippen molar-refractivity contribution < 1.29 is 23.9 Å². The van der Waals surface area contributed by atoms with E-state index in [9.17, 15) is 14.4 Å². The first-order chi connectivity index (χ1) is 11.5. The van der Waals surface area contributed by atoms with E-state index in [1.165, 1.54) is 14.0 Å². The first kappa shape index (κ1) is 16.2. The summed E-state index contributed by atoms with van der Waals surface area (Å²) < 4.78 is 11.8. The van der Waals surface area contributed by atoms with Crippen molar-refractivity contribution in [2.75, 3.05) is 13.7 Å². The maximum absolute atomic E-state index is 12.6. The van der Waals surface area contributed by atoms with Gasteiger partial charge in [0.15, 0.2) is 0 Å². The smallest absolute Gasteiger partial charge is 0.375 e. The van der Waals surface area contributed by atoms with Crippen LogP contribution in [0.15, 0.2) is 30.3 Å². The summed E-state index contributed by atoms with van der Waals surface area (Å²) in [6, 6.07) is 9.77. The number of ketones is 1. The Morgan fingerprint density at radius 3 is 2.71 bits per heavy atom. The van der Waals surface area contributed by atoms with Crippen LogP contribution in [-0.4, -0.2) is 36.0 Å². The zero-order chi connectivity index (χ0) is 17.3. The maximum Gasteiger partial charge on any atom is 0.375 e. The van der Waals surface area contributed by atoms with Crippen molar-refractivity contribution in [2.45, 2.75) is 25.8 Å². The van der Waals surface area contributed by atoms with Gasteiger partial charge in [0.25, 0.3) is 0 Å². The molecule has 0 bridgehead atoms. The highest BCUT2D eigenvalue weighted by atomic mass is 16.5. The van der Waals surface area contributed by atoms with Crippen LogP contribution < -0.4 is 0 Å². The van der Waals surface area contributed by atoms with Crippen molar-refractivity contribution in [1.82, 2.24) is 4.57 Å². The molecule has 126 valence electrons. The average Bonchev–Trinajstić information content (AvgIpc) is 2.96. The number of carbonyl (C=O) groups is 3. The standard InChI is InChI=1S/C18H19NO5/c1-11(20)24-10-13-7-8-19-14-6-4-3-5-12(14)9-15(19)16(13)17(21)18(22)23-2/h3-6,9,13,16H,7-8,10H2,1-2H3. The van der Waals surface area contributed by atoms with Crippen LogP contribution in [0.1, 0.15) is 25.0 Å². The lowest BCUT2D eigenvalue weighted by Gasteiger charge is -2.31. The number of rotatable bonds is 4. The zero-order valence-electron chi connectivity index (χ0n) is 13.7. The number of benzene rings is 1. The highest BCUT2D eigenvalue weighted by Crippen LogP contribution is 2.38. The fraction of sp³-hybridized carbons (Fsp3) is 0.389. The van der Waals surface area contributed by atoms with Gasteiger partial charge in [0.05, 0.1) is 19.6 Å². The summed E-state index contributed by atoms with van der Waals surface area (Å²) in [6.45, 7) is 2.15. The molecule has 24 heavy (non-hydrogen) atoms. The minimum atomic E-state index is -0.869. The fourth-order valence-electron chi connectivity index (χ4n) is 3.42. The summed E-state index contributed by atoms with van der Waals surface area (Å²) in [4.78, 5) is 35.6. The lowest BCUT2D eigenvalue weighted by molar-refractivity contribution is -0.154. The van der Waals surface area contributed by atoms with E-state index in [1.54, 1.807) is 0 Å². The Bertz CT molecular complexity index is 807. The molecular weight excluding hydrogens is 310 g/mol. The first-order valence-corrected chi connectivity index (χ1v) is 7.86. The number of aryl methyl sites for hydroxylation is 1. The molecule has 1 aliphatic heterocycles. The minimum absolute atomic E-state index is 0.115. The molecule has 1 aromatic heterocycles. The molecule has 2 aromatic rings. The molecule has 0 saturated heterocycles. The number of aromatic nitrogens is 1. The van der Waals surface area contributed by atoms with E-state index in [1.807, 2.05) is 30.3 Å². The Labute approximate surface area is 139 Å². The minimum Gasteiger partial charge on any atom is -0.466 e. The van der Waals surface area contributed by atoms with Gasteiger partial charge in [0, 0.05) is 30.6 Å². The third-order valence-corrected chi connectivity index (χ3v) is 4.53. The second kappa shape index (κ2) is 6.47. The number of nitrogens with zero attached hydrogens (tertiary/aromatic N) is 1. The molecule has 6 nitrogen and oxygen atoms in total. The quantitative estimate of drug-likeness (QED) is 0.634. The predicted molar refractivity (Wildman–Crippen MR) is 86.4 cm³/mol. The molecule has 2 unspecified atom stereocenters. The van der Waals surface area contributed by atoms with Gasteiger partial charge in [-0.25, -0.2) is 4.79 Å². The summed E-state index contributed by atoms with van der Waals surface area (Å²) in [5, 5.41) is 1.02. The van der Waals surface area contributed by atoms with Crippen molar-refractivity contribution in [1.29, 1.82) is 0 Å². The van der Waals surface area contributed by atoms with E-state index in [0.717, 1.165) is 16.6 Å². The molecule has 0 saturated carbocycles. The van der Waals surface area contributed by atoms with Gasteiger partial charge in [-0.3, -0.25) is 9.59 Å². The van der Waals surface area contributed by atoms with Gasteiger partial charge in [0.2, 0.25) is 5.78 Å². The summed E-state index contributed by atoms with van der Waals surface area (Å²) in [7, 11) is 1.19. The summed E-state index contributed by atoms with van der Waals surface area (Å²) in [5.74, 6) is -2.77. The van der Waals surface area contributed by atoms with Gasteiger partial charge in [-0.2, -0.15) is 0 Å². The predicted octanol–water partition coefficient (Wildman–Crippen LogP) is 2.05. The Morgan fingerprint density at radius 2 is 2.00 bits per heavy atom. The van der Waals surface area contributed by atoms with Crippen LogP contribution in [0.4, 0.5) is 0 Å². The number of hydrogen-bond acceptors (Lipinski definition) is 5. The second-order valence-electron chi connectivity index (χ2n) is 5.96. The highest BCUT2D eigenvalue weighted by Gasteiger charge is 2.40. The van der Waals surface area contributed by atoms with E-state index < -0.39 is 23.6 Å². The van der Waals surface area contributed by atoms with Crippen molar-refractivity contribution in [2.24, 2.45) is 5.92 Å². The number of hydrogen-bond donors (Lipinski definition) is 0. The lowest BCUT2D eigenvalue weighted by atomic mass is 9.81. The number of Topliss-reactive ketones (excluding diaryl/α,β-unsaturated/α-hetero) is 1. The Hall–Kier alpha value is -2.63. The number of carbonyl (C=O) groups excluding carboxylic acids is 3. The third kappa shape index (κ3) is 2.79. The normalized spacial score (nSPS) is 19.6. The van der Waals surface area contributed by atoms with Crippen LogP contribution in [0.2, 0.25) is 0 Å². The first-order valence-electron chi connectivity index (χ1n) is 7.86. The maximum atomic E-state index is 12.6. The van der Waals surface area contributed by atoms with E-state index >= 15 is 0 Å². The molecule has 6 heteroatoms. The van der Waals surface area contributed by atoms with E-state index in [2.05, 4.69) is 9.30 Å². The highest BCUT2D eigenvalue weighted by molar-refractivity contribution is 6.35. The number of ether oxygens (including phenoxy) is 2. The average molecular weight is 329 g/mol. The molecule has 2 atom stereocenters. The molecular formula is C18H19NO5. The van der Waals surface area contributed by atoms with Crippen LogP contribution in [0, 0.1) is 5.92 Å². The van der Waals surface area contributed by atoms with E-state index in [-0.39, 0.29) is 12.5 Å². The molecule has 0 aliphatic carbocycles. The van der Waals surface area contributed by atoms with Crippen molar-refractivity contribution in [3.05, 3.63) is 36.0 Å². The Morgan fingerprint density at radius 1 is 1.25 bits per heavy atom. The number of methoxy groups -OCH3 is 1. The van der Waals surface area contributed by atoms with Crippen LogP contribution in [0.25, 0.3) is 10.9 Å². The van der Waals surface area contributed by atoms with E-state index in [4.69, 9.17) is 4.74 Å². The third-order valence-electron chi connectivity index (χ3n) is 4.53. The topological polar surface area (TPSA) is 74.6 Å². The van der Waals surface area contributed by atoms with Gasteiger partial charge >= 0.3 is 11.9 Å². The zero-order valence-corrected chi connectivity index (χ0v) is 13.7. The number of esters is 2. The molecule has 0 spiro atoms. The van der Waals surface area contributed by atoms with Crippen LogP contribution >= 0.6 is 0 Å². The van der Waals surface area contributed by atoms with Gasteiger partial charge in [-0.1, -0.05) is 18.2 Å². The van der Waals surface area contributed by atoms with E-state index in [0.29, 0.717) is 13.0 Å². The Kier molecular flexibility index (Phi) is 4.38. The summed E-state index contributed by atoms with van der Waals surface area (Å²) >= 11 is 0. The molecule has 0 radical (unpaired) electrons. The monoisotopic (exact) mass is 329 g/mol. The fourth-order valence-corrected chi connectivity index (χ4v) is 3.42. The number of fused-ring (bicyclic) bond motifs is 3. The Balaban J connectivity index is 2.04. The molecule has 0 N–H and O–H groups in total. The molecule has 0 fully saturated rings. The summed E-state index contributed by atoms with van der Waals surface area (Å²) in [5.41, 5.74) is 1.80. The summed E-state index contributed by atoms with van der Waals surface area (Å²) in [6.07, 6.45) is 0.645.